The minimum Gasteiger partial charge on any atom is -0.489 e. The van der Waals surface area contributed by atoms with Gasteiger partial charge in [-0.25, -0.2) is 8.42 Å². The lowest BCUT2D eigenvalue weighted by Gasteiger charge is -2.34. The highest BCUT2D eigenvalue weighted by Crippen LogP contribution is 2.34. The van der Waals surface area contributed by atoms with Gasteiger partial charge in [-0.2, -0.15) is 9.57 Å². The Morgan fingerprint density at radius 2 is 1.73 bits per heavy atom. The number of nitrogens with zero attached hydrogens (tertiary/aromatic N) is 4. The second kappa shape index (κ2) is 10.9. The molecule has 2 aliphatic rings. The van der Waals surface area contributed by atoms with Gasteiger partial charge in [0.25, 0.3) is 0 Å². The van der Waals surface area contributed by atoms with Gasteiger partial charge in [-0.15, -0.1) is 0 Å². The van der Waals surface area contributed by atoms with Crippen molar-refractivity contribution in [1.29, 1.82) is 5.26 Å². The first-order valence-corrected chi connectivity index (χ1v) is 15.3. The fourth-order valence-electron chi connectivity index (χ4n) is 5.41. The first kappa shape index (κ1) is 26.3. The lowest BCUT2D eigenvalue weighted by atomic mass is 10.0. The van der Waals surface area contributed by atoms with Crippen molar-refractivity contribution in [3.8, 4) is 34.3 Å². The zero-order valence-electron chi connectivity index (χ0n) is 22.3. The Morgan fingerprint density at radius 1 is 1.00 bits per heavy atom. The molecule has 0 bridgehead atoms. The highest BCUT2D eigenvalue weighted by Gasteiger charge is 2.23. The molecule has 4 heterocycles. The molecule has 0 aliphatic carbocycles. The molecule has 0 unspecified atom stereocenters. The van der Waals surface area contributed by atoms with Crippen LogP contribution in [-0.4, -0.2) is 74.4 Å². The van der Waals surface area contributed by atoms with Crippen molar-refractivity contribution in [3.63, 3.8) is 0 Å². The van der Waals surface area contributed by atoms with Crippen LogP contribution in [0.15, 0.2) is 60.8 Å². The number of nitriles is 1. The second-order valence-corrected chi connectivity index (χ2v) is 12.2. The van der Waals surface area contributed by atoms with E-state index < -0.39 is 10.0 Å². The van der Waals surface area contributed by atoms with Gasteiger partial charge in [0, 0.05) is 73.1 Å². The molecule has 206 valence electrons. The van der Waals surface area contributed by atoms with E-state index in [1.54, 1.807) is 6.20 Å². The van der Waals surface area contributed by atoms with Crippen LogP contribution >= 0.6 is 0 Å². The minimum absolute atomic E-state index is 0.0592. The Bertz CT molecular complexity index is 1660. The fourth-order valence-corrected chi connectivity index (χ4v) is 6.24. The van der Waals surface area contributed by atoms with Gasteiger partial charge in [0.1, 0.15) is 17.9 Å². The molecular formula is C30H31N5O4S. The lowest BCUT2D eigenvalue weighted by Crippen LogP contribution is -2.48. The lowest BCUT2D eigenvalue weighted by molar-refractivity contribution is 0.0254. The molecule has 2 aromatic heterocycles. The Kier molecular flexibility index (Phi) is 7.19. The van der Waals surface area contributed by atoms with Crippen LogP contribution in [0.3, 0.4) is 0 Å². The maximum absolute atomic E-state index is 11.8. The van der Waals surface area contributed by atoms with Gasteiger partial charge < -0.3 is 19.4 Å². The minimum atomic E-state index is -3.15. The summed E-state index contributed by atoms with van der Waals surface area (Å²) in [7, 11) is -3.15. The van der Waals surface area contributed by atoms with Crippen LogP contribution in [0.4, 0.5) is 5.69 Å². The topological polar surface area (TPSA) is 112 Å². The maximum atomic E-state index is 11.8. The number of aromatic amines is 1. The number of pyridine rings is 1. The number of piperazine rings is 1. The van der Waals surface area contributed by atoms with Gasteiger partial charge in [0.05, 0.1) is 30.7 Å². The summed E-state index contributed by atoms with van der Waals surface area (Å²) in [4.78, 5) is 10.4. The summed E-state index contributed by atoms with van der Waals surface area (Å²) in [6.45, 7) is 3.67. The summed E-state index contributed by atoms with van der Waals surface area (Å²) in [5, 5.41) is 10.8. The van der Waals surface area contributed by atoms with Crippen LogP contribution in [0.2, 0.25) is 0 Å². The highest BCUT2D eigenvalue weighted by atomic mass is 32.2. The van der Waals surface area contributed by atoms with Crippen molar-refractivity contribution >= 4 is 26.6 Å². The molecule has 0 saturated carbocycles. The summed E-state index contributed by atoms with van der Waals surface area (Å²) in [6, 6.07) is 20.3. The third-order valence-corrected chi connectivity index (χ3v) is 8.94. The summed E-state index contributed by atoms with van der Waals surface area (Å²) >= 11 is 0. The molecule has 0 atom stereocenters. The van der Waals surface area contributed by atoms with Gasteiger partial charge in [0.2, 0.25) is 10.0 Å². The highest BCUT2D eigenvalue weighted by molar-refractivity contribution is 7.88. The Labute approximate surface area is 234 Å². The van der Waals surface area contributed by atoms with Crippen molar-refractivity contribution in [2.45, 2.75) is 18.9 Å². The first-order valence-electron chi connectivity index (χ1n) is 13.5. The maximum Gasteiger partial charge on any atom is 0.211 e. The van der Waals surface area contributed by atoms with E-state index >= 15 is 0 Å². The van der Waals surface area contributed by atoms with E-state index in [1.807, 2.05) is 24.3 Å². The molecular weight excluding hydrogens is 526 g/mol. The summed E-state index contributed by atoms with van der Waals surface area (Å²) in [5.74, 6) is 0.595. The molecule has 10 heteroatoms. The molecule has 2 fully saturated rings. The Hall–Kier alpha value is -3.91. The monoisotopic (exact) mass is 557 g/mol. The standard InChI is InChI=1S/C30H31N5O4S/c1-40(36,37)35-14-12-34(13-15-35)24-5-2-21(3-6-24)28-19-26-27(33-28)8-11-32-30(26)22-4-7-29(23(18-22)20-31)39-25-9-16-38-17-10-25/h2-8,11,18-19,25,33H,9-10,12-17H2,1H3. The number of sulfonamides is 1. The van der Waals surface area contributed by atoms with E-state index in [-0.39, 0.29) is 6.10 Å². The fraction of sp³-hybridized carbons (Fsp3) is 0.333. The van der Waals surface area contributed by atoms with E-state index in [0.29, 0.717) is 50.7 Å². The number of fused-ring (bicyclic) bond motifs is 1. The van der Waals surface area contributed by atoms with Gasteiger partial charge in [-0.1, -0.05) is 12.1 Å². The number of hydrogen-bond acceptors (Lipinski definition) is 7. The molecule has 0 amide bonds. The third kappa shape index (κ3) is 5.41. The summed E-state index contributed by atoms with van der Waals surface area (Å²) in [6.07, 6.45) is 4.74. The van der Waals surface area contributed by atoms with Gasteiger partial charge in [-0.3, -0.25) is 4.98 Å². The van der Waals surface area contributed by atoms with E-state index in [2.05, 4.69) is 51.3 Å². The number of nitrogens with one attached hydrogen (secondary N) is 1. The van der Waals surface area contributed by atoms with Crippen molar-refractivity contribution in [3.05, 3.63) is 66.4 Å². The predicted octanol–water partition coefficient (Wildman–Crippen LogP) is 4.41. The van der Waals surface area contributed by atoms with E-state index in [1.165, 1.54) is 10.6 Å². The zero-order valence-corrected chi connectivity index (χ0v) is 23.2. The molecule has 40 heavy (non-hydrogen) atoms. The van der Waals surface area contributed by atoms with Crippen molar-refractivity contribution < 1.29 is 17.9 Å². The van der Waals surface area contributed by atoms with Crippen molar-refractivity contribution in [2.24, 2.45) is 0 Å². The number of rotatable bonds is 6. The van der Waals surface area contributed by atoms with Crippen LogP contribution in [0.5, 0.6) is 5.75 Å². The molecule has 2 saturated heterocycles. The van der Waals surface area contributed by atoms with Crippen molar-refractivity contribution in [1.82, 2.24) is 14.3 Å². The molecule has 9 nitrogen and oxygen atoms in total. The van der Waals surface area contributed by atoms with Crippen LogP contribution < -0.4 is 9.64 Å². The molecule has 6 rings (SSSR count). The molecule has 1 N–H and O–H groups in total. The Morgan fingerprint density at radius 3 is 2.42 bits per heavy atom. The van der Waals surface area contributed by atoms with Crippen LogP contribution in [0.1, 0.15) is 18.4 Å². The molecule has 0 radical (unpaired) electrons. The molecule has 4 aromatic rings. The number of benzene rings is 2. The van der Waals surface area contributed by atoms with E-state index in [0.717, 1.165) is 51.9 Å². The van der Waals surface area contributed by atoms with Gasteiger partial charge >= 0.3 is 0 Å². The normalized spacial score (nSPS) is 17.1. The van der Waals surface area contributed by atoms with Crippen LogP contribution in [0.25, 0.3) is 33.4 Å². The van der Waals surface area contributed by atoms with Crippen LogP contribution in [0, 0.1) is 11.3 Å². The van der Waals surface area contributed by atoms with Gasteiger partial charge in [-0.05, 0) is 48.0 Å². The number of ether oxygens (including phenoxy) is 2. The summed E-state index contributed by atoms with van der Waals surface area (Å²) in [5.41, 5.74) is 6.19. The largest absolute Gasteiger partial charge is 0.489 e. The first-order chi connectivity index (χ1) is 19.4. The molecule has 0 spiro atoms. The third-order valence-electron chi connectivity index (χ3n) is 7.63. The number of H-pyrrole nitrogens is 1. The average molecular weight is 558 g/mol. The molecule has 2 aromatic carbocycles. The quantitative estimate of drug-likeness (QED) is 0.374. The zero-order chi connectivity index (χ0) is 27.7. The number of hydrogen-bond donors (Lipinski definition) is 1. The van der Waals surface area contributed by atoms with Crippen molar-refractivity contribution in [2.75, 3.05) is 50.5 Å². The second-order valence-electron chi connectivity index (χ2n) is 10.3. The van der Waals surface area contributed by atoms with E-state index in [9.17, 15) is 13.7 Å². The van der Waals surface area contributed by atoms with Gasteiger partial charge in [0.15, 0.2) is 0 Å². The van der Waals surface area contributed by atoms with Crippen LogP contribution in [-0.2, 0) is 14.8 Å². The SMILES string of the molecule is CS(=O)(=O)N1CCN(c2ccc(-c3cc4c(-c5ccc(OC6CCOCC6)c(C#N)c5)nccc4[nH]3)cc2)CC1. The molecule has 2 aliphatic heterocycles. The predicted molar refractivity (Wildman–Crippen MR) is 155 cm³/mol. The number of anilines is 1. The Balaban J connectivity index is 1.23. The number of aromatic nitrogens is 2. The van der Waals surface area contributed by atoms with E-state index in [4.69, 9.17) is 9.47 Å². The summed E-state index contributed by atoms with van der Waals surface area (Å²) < 4.78 is 36.7. The average Bonchev–Trinajstić information content (AvgIpc) is 3.42. The smallest absolute Gasteiger partial charge is 0.211 e.